The minimum absolute atomic E-state index is 0.107. The van der Waals surface area contributed by atoms with Crippen molar-refractivity contribution >= 4 is 11.8 Å². The zero-order valence-electron chi connectivity index (χ0n) is 20.9. The van der Waals surface area contributed by atoms with Crippen molar-refractivity contribution in [2.45, 2.75) is 84.3 Å². The minimum atomic E-state index is -0.469. The highest BCUT2D eigenvalue weighted by Gasteiger charge is 2.70. The van der Waals surface area contributed by atoms with Crippen LogP contribution in [-0.2, 0) is 16.1 Å². The van der Waals surface area contributed by atoms with Gasteiger partial charge in [0.2, 0.25) is 0 Å². The summed E-state index contributed by atoms with van der Waals surface area (Å²) in [6, 6.07) is 0. The number of ether oxygens (including phenoxy) is 1. The van der Waals surface area contributed by atoms with Crippen molar-refractivity contribution in [3.8, 4) is 0 Å². The topological polar surface area (TPSA) is 81.4 Å². The van der Waals surface area contributed by atoms with E-state index in [-0.39, 0.29) is 23.8 Å². The number of hydrogen-bond donors (Lipinski definition) is 1. The molecule has 0 radical (unpaired) electrons. The van der Waals surface area contributed by atoms with Gasteiger partial charge in [-0.3, -0.25) is 9.48 Å². The van der Waals surface area contributed by atoms with Crippen LogP contribution in [0.25, 0.3) is 0 Å². The van der Waals surface area contributed by atoms with E-state index in [4.69, 9.17) is 4.74 Å². The van der Waals surface area contributed by atoms with E-state index in [0.717, 1.165) is 42.9 Å². The van der Waals surface area contributed by atoms with E-state index in [2.05, 4.69) is 12.0 Å². The number of rotatable bonds is 5. The van der Waals surface area contributed by atoms with Gasteiger partial charge in [-0.25, -0.2) is 4.79 Å². The van der Waals surface area contributed by atoms with E-state index < -0.39 is 5.60 Å². The van der Waals surface area contributed by atoms with E-state index in [9.17, 15) is 14.7 Å². The van der Waals surface area contributed by atoms with Crippen LogP contribution in [0.4, 0.5) is 0 Å². The Kier molecular flexibility index (Phi) is 5.29. The molecular formula is C28H40N2O4. The Hall–Kier alpha value is -1.69. The van der Waals surface area contributed by atoms with Gasteiger partial charge in [0, 0.05) is 12.1 Å². The summed E-state index contributed by atoms with van der Waals surface area (Å²) in [6.07, 6.45) is 12.5. The highest BCUT2D eigenvalue weighted by Crippen LogP contribution is 2.74. The largest absolute Gasteiger partial charge is 0.462 e. The van der Waals surface area contributed by atoms with Crippen molar-refractivity contribution in [1.82, 2.24) is 9.78 Å². The van der Waals surface area contributed by atoms with Crippen LogP contribution in [0.3, 0.4) is 0 Å². The van der Waals surface area contributed by atoms with Gasteiger partial charge in [-0.15, -0.1) is 0 Å². The predicted molar refractivity (Wildman–Crippen MR) is 127 cm³/mol. The lowest BCUT2D eigenvalue weighted by Gasteiger charge is -2.57. The molecule has 0 bridgehead atoms. The predicted octanol–water partition coefficient (Wildman–Crippen LogP) is 4.50. The smallest absolute Gasteiger partial charge is 0.341 e. The summed E-state index contributed by atoms with van der Waals surface area (Å²) in [4.78, 5) is 25.7. The lowest BCUT2D eigenvalue weighted by molar-refractivity contribution is -0.136. The van der Waals surface area contributed by atoms with Gasteiger partial charge in [0.15, 0.2) is 5.78 Å². The van der Waals surface area contributed by atoms with Gasteiger partial charge in [0.05, 0.1) is 30.5 Å². The third-order valence-electron chi connectivity index (χ3n) is 10.8. The molecule has 1 aromatic heterocycles. The summed E-state index contributed by atoms with van der Waals surface area (Å²) < 4.78 is 6.70. The van der Waals surface area contributed by atoms with Crippen LogP contribution in [0.1, 0.15) is 82.5 Å². The van der Waals surface area contributed by atoms with E-state index in [1.807, 2.05) is 6.92 Å². The number of ketones is 1. The number of Topliss-reactive ketones (excluding diaryl/α,β-unsaturated/α-hetero) is 1. The number of aromatic nitrogens is 2. The molecule has 10 atom stereocenters. The van der Waals surface area contributed by atoms with Gasteiger partial charge in [0.1, 0.15) is 0 Å². The van der Waals surface area contributed by atoms with Crippen molar-refractivity contribution in [3.05, 3.63) is 18.0 Å². The molecule has 6 nitrogen and oxygen atoms in total. The highest BCUT2D eigenvalue weighted by atomic mass is 16.5. The molecule has 5 fully saturated rings. The second kappa shape index (κ2) is 7.91. The number of fused-ring (bicyclic) bond motifs is 7. The summed E-state index contributed by atoms with van der Waals surface area (Å²) in [5.74, 6) is 5.03. The zero-order valence-corrected chi connectivity index (χ0v) is 20.9. The van der Waals surface area contributed by atoms with Crippen LogP contribution in [0.2, 0.25) is 0 Å². The Balaban J connectivity index is 1.18. The Morgan fingerprint density at radius 3 is 2.68 bits per heavy atom. The first-order valence-corrected chi connectivity index (χ1v) is 13.7. The average molecular weight is 469 g/mol. The van der Waals surface area contributed by atoms with Crippen LogP contribution >= 0.6 is 0 Å². The van der Waals surface area contributed by atoms with E-state index in [1.165, 1.54) is 38.3 Å². The van der Waals surface area contributed by atoms with Crippen LogP contribution in [0, 0.1) is 52.8 Å². The fourth-order valence-corrected chi connectivity index (χ4v) is 9.68. The first kappa shape index (κ1) is 22.8. The molecule has 0 aromatic carbocycles. The number of esters is 1. The van der Waals surface area contributed by atoms with Crippen molar-refractivity contribution in [1.29, 1.82) is 0 Å². The van der Waals surface area contributed by atoms with Gasteiger partial charge in [-0.05, 0) is 112 Å². The molecule has 0 saturated heterocycles. The number of carbonyl (C=O) groups is 2. The number of aliphatic hydroxyl groups is 1. The lowest BCUT2D eigenvalue weighted by atomic mass is 9.48. The number of carbonyl (C=O) groups excluding carboxylic acids is 2. The molecule has 34 heavy (non-hydrogen) atoms. The standard InChI is InChI=1S/C28H40N2O4/c1-4-34-26(32)17-13-29-30(14-17)15-23(31)25-22-11-21(22)24-20-6-5-16-12-27(2,33)9-7-18(16)19(20)8-10-28(24,25)3/h13-14,16,18-22,24-25,33H,4-12,15H2,1-3H3/t16-,18+,19-,20-,21-,22+,24-,25-,27-,28+/m1/s1. The van der Waals surface area contributed by atoms with Gasteiger partial charge >= 0.3 is 5.97 Å². The van der Waals surface area contributed by atoms with Crippen molar-refractivity contribution < 1.29 is 19.4 Å². The second-order valence-corrected chi connectivity index (χ2v) is 12.8. The van der Waals surface area contributed by atoms with Gasteiger partial charge < -0.3 is 9.84 Å². The fourth-order valence-electron chi connectivity index (χ4n) is 9.68. The average Bonchev–Trinajstić information content (AvgIpc) is 3.27. The van der Waals surface area contributed by atoms with Crippen LogP contribution in [0.5, 0.6) is 0 Å². The van der Waals surface area contributed by atoms with Gasteiger partial charge in [-0.2, -0.15) is 5.10 Å². The monoisotopic (exact) mass is 468 g/mol. The molecule has 1 aromatic rings. The van der Waals surface area contributed by atoms with Gasteiger partial charge in [0.25, 0.3) is 0 Å². The summed E-state index contributed by atoms with van der Waals surface area (Å²) >= 11 is 0. The first-order valence-electron chi connectivity index (χ1n) is 13.7. The summed E-state index contributed by atoms with van der Waals surface area (Å²) in [6.45, 7) is 6.83. The number of hydrogen-bond acceptors (Lipinski definition) is 5. The molecule has 1 N–H and O–H groups in total. The van der Waals surface area contributed by atoms with Crippen molar-refractivity contribution in [3.63, 3.8) is 0 Å². The SMILES string of the molecule is CCOC(=O)c1cnn(CC(=O)[C@H]2[C@H]3C[C@H]3[C@H]3[C@@H]4CC[C@@H]5C[C@](C)(O)CC[C@@H]5[C@H]4CC[C@@]32C)c1. The maximum Gasteiger partial charge on any atom is 0.341 e. The Morgan fingerprint density at radius 2 is 1.88 bits per heavy atom. The maximum absolute atomic E-state index is 13.7. The van der Waals surface area contributed by atoms with E-state index in [0.29, 0.717) is 35.7 Å². The molecule has 0 amide bonds. The van der Waals surface area contributed by atoms with E-state index in [1.54, 1.807) is 17.8 Å². The molecule has 5 aliphatic rings. The maximum atomic E-state index is 13.7. The van der Waals surface area contributed by atoms with Crippen LogP contribution in [0.15, 0.2) is 12.4 Å². The summed E-state index contributed by atoms with van der Waals surface area (Å²) in [7, 11) is 0. The third kappa shape index (κ3) is 3.50. The summed E-state index contributed by atoms with van der Waals surface area (Å²) in [5.41, 5.74) is 0.0531. The third-order valence-corrected chi connectivity index (χ3v) is 10.8. The quantitative estimate of drug-likeness (QED) is 0.643. The molecule has 186 valence electrons. The molecule has 5 saturated carbocycles. The highest BCUT2D eigenvalue weighted by molar-refractivity contribution is 5.89. The normalized spacial score (nSPS) is 46.6. The lowest BCUT2D eigenvalue weighted by Crippen LogP contribution is -2.52. The molecule has 0 unspecified atom stereocenters. The Morgan fingerprint density at radius 1 is 1.09 bits per heavy atom. The first-order chi connectivity index (χ1) is 16.2. The molecule has 5 aliphatic carbocycles. The molecule has 0 spiro atoms. The van der Waals surface area contributed by atoms with E-state index >= 15 is 0 Å². The zero-order chi connectivity index (χ0) is 23.8. The summed E-state index contributed by atoms with van der Waals surface area (Å²) in [5, 5.41) is 14.9. The fraction of sp³-hybridized carbons (Fsp3) is 0.821. The molecule has 6 rings (SSSR count). The van der Waals surface area contributed by atoms with Gasteiger partial charge in [-0.1, -0.05) is 6.92 Å². The Bertz CT molecular complexity index is 985. The van der Waals surface area contributed by atoms with Crippen molar-refractivity contribution in [2.24, 2.45) is 52.8 Å². The molecular weight excluding hydrogens is 428 g/mol. The molecule has 6 heteroatoms. The second-order valence-electron chi connectivity index (χ2n) is 12.8. The molecule has 0 aliphatic heterocycles. The van der Waals surface area contributed by atoms with Crippen LogP contribution in [-0.4, -0.2) is 38.8 Å². The van der Waals surface area contributed by atoms with Crippen molar-refractivity contribution in [2.75, 3.05) is 6.61 Å². The molecule has 1 heterocycles. The Labute approximate surface area is 202 Å². The van der Waals surface area contributed by atoms with Crippen LogP contribution < -0.4 is 0 Å². The minimum Gasteiger partial charge on any atom is -0.462 e. The number of nitrogens with zero attached hydrogens (tertiary/aromatic N) is 2.